The van der Waals surface area contributed by atoms with Gasteiger partial charge in [0, 0.05) is 21.5 Å². The van der Waals surface area contributed by atoms with Crippen molar-refractivity contribution >= 4 is 49.0 Å². The van der Waals surface area contributed by atoms with Gasteiger partial charge in [-0.05, 0) is 10.8 Å². The van der Waals surface area contributed by atoms with Crippen LogP contribution >= 0.6 is 0 Å². The Morgan fingerprint density at radius 2 is 1.00 bits per heavy atom. The second-order valence-electron chi connectivity index (χ2n) is 5.89. The Bertz CT molecular complexity index is 1130. The molecule has 1 aromatic heterocycles. The van der Waals surface area contributed by atoms with Crippen LogP contribution in [0.5, 0.6) is 0 Å². The monoisotopic (exact) mass is 294 g/mol. The highest BCUT2D eigenvalue weighted by atomic mass is 14.7. The molecule has 2 heteroatoms. The third-order valence-electron chi connectivity index (χ3n) is 4.61. The Morgan fingerprint density at radius 1 is 0.522 bits per heavy atom. The number of rotatable bonds is 0. The number of aromatic nitrogens is 1. The zero-order chi connectivity index (χ0) is 15.4. The van der Waals surface area contributed by atoms with Crippen molar-refractivity contribution in [1.82, 2.24) is 4.98 Å². The molecule has 0 radical (unpaired) electrons. The van der Waals surface area contributed by atoms with Crippen molar-refractivity contribution in [3.8, 4) is 0 Å². The molecule has 0 spiro atoms. The van der Waals surface area contributed by atoms with Gasteiger partial charge in [-0.1, -0.05) is 72.8 Å². The molecule has 1 heterocycles. The van der Waals surface area contributed by atoms with Crippen molar-refractivity contribution in [2.45, 2.75) is 0 Å². The Hall–Kier alpha value is -3.13. The van der Waals surface area contributed by atoms with E-state index in [1.54, 1.807) is 0 Å². The quantitative estimate of drug-likeness (QED) is 0.312. The molecule has 2 N–H and O–H groups in total. The van der Waals surface area contributed by atoms with Gasteiger partial charge in [0.25, 0.3) is 0 Å². The summed E-state index contributed by atoms with van der Waals surface area (Å²) in [5, 5.41) is 6.70. The molecule has 2 nitrogen and oxygen atoms in total. The molecule has 23 heavy (non-hydrogen) atoms. The number of anilines is 1. The van der Waals surface area contributed by atoms with Crippen molar-refractivity contribution in [2.24, 2.45) is 0 Å². The minimum absolute atomic E-state index is 0.807. The number of fused-ring (bicyclic) bond motifs is 6. The summed E-state index contributed by atoms with van der Waals surface area (Å²) < 4.78 is 0. The lowest BCUT2D eigenvalue weighted by Crippen LogP contribution is -1.94. The Kier molecular flexibility index (Phi) is 2.39. The van der Waals surface area contributed by atoms with Gasteiger partial charge in [0.1, 0.15) is 0 Å². The van der Waals surface area contributed by atoms with Crippen LogP contribution in [0, 0.1) is 0 Å². The molecule has 0 amide bonds. The minimum atomic E-state index is 0.807. The largest absolute Gasteiger partial charge is 0.398 e. The first kappa shape index (κ1) is 12.4. The van der Waals surface area contributed by atoms with Crippen LogP contribution in [0.4, 0.5) is 5.69 Å². The number of hydrogen-bond acceptors (Lipinski definition) is 2. The number of nitrogens with zero attached hydrogens (tertiary/aromatic N) is 1. The zero-order valence-electron chi connectivity index (χ0n) is 12.5. The normalized spacial score (nSPS) is 11.7. The average molecular weight is 294 g/mol. The number of nitrogen functional groups attached to an aromatic ring is 1. The van der Waals surface area contributed by atoms with Crippen molar-refractivity contribution in [2.75, 3.05) is 5.73 Å². The lowest BCUT2D eigenvalue weighted by molar-refractivity contribution is 1.53. The molecule has 4 aromatic carbocycles. The molecule has 0 aliphatic carbocycles. The predicted octanol–water partition coefficient (Wildman–Crippen LogP) is 5.28. The van der Waals surface area contributed by atoms with Gasteiger partial charge in [-0.3, -0.25) is 0 Å². The fourth-order valence-corrected chi connectivity index (χ4v) is 3.44. The Labute approximate surface area is 133 Å². The second kappa shape index (κ2) is 4.43. The fourth-order valence-electron chi connectivity index (χ4n) is 3.44. The van der Waals surface area contributed by atoms with E-state index in [1.807, 2.05) is 24.3 Å². The van der Waals surface area contributed by atoms with E-state index in [-0.39, 0.29) is 0 Å². The maximum Gasteiger partial charge on any atom is 0.0809 e. The average Bonchev–Trinajstić information content (AvgIpc) is 2.61. The van der Waals surface area contributed by atoms with Gasteiger partial charge in [0.05, 0.1) is 16.7 Å². The van der Waals surface area contributed by atoms with Crippen LogP contribution < -0.4 is 5.73 Å². The van der Waals surface area contributed by atoms with Gasteiger partial charge in [0.15, 0.2) is 0 Å². The summed E-state index contributed by atoms with van der Waals surface area (Å²) in [4.78, 5) is 5.01. The van der Waals surface area contributed by atoms with Gasteiger partial charge in [-0.15, -0.1) is 0 Å². The van der Waals surface area contributed by atoms with Crippen molar-refractivity contribution in [1.29, 1.82) is 0 Å². The molecule has 0 unspecified atom stereocenters. The summed E-state index contributed by atoms with van der Waals surface area (Å²) in [7, 11) is 0. The number of nitrogens with two attached hydrogens (primary N) is 1. The molecule has 0 atom stereocenters. The summed E-state index contributed by atoms with van der Waals surface area (Å²) in [6.45, 7) is 0. The molecule has 0 saturated carbocycles. The van der Waals surface area contributed by atoms with Crippen LogP contribution in [0.25, 0.3) is 43.4 Å². The van der Waals surface area contributed by atoms with Crippen molar-refractivity contribution in [3.05, 3.63) is 72.8 Å². The van der Waals surface area contributed by atoms with E-state index in [0.717, 1.165) is 38.3 Å². The van der Waals surface area contributed by atoms with E-state index in [0.29, 0.717) is 0 Å². The minimum Gasteiger partial charge on any atom is -0.398 e. The van der Waals surface area contributed by atoms with Crippen LogP contribution in [0.3, 0.4) is 0 Å². The molecular formula is C21H14N2. The Morgan fingerprint density at radius 3 is 1.52 bits per heavy atom. The van der Waals surface area contributed by atoms with Crippen molar-refractivity contribution < 1.29 is 0 Å². The van der Waals surface area contributed by atoms with E-state index < -0.39 is 0 Å². The molecule has 0 saturated heterocycles. The predicted molar refractivity (Wildman–Crippen MR) is 98.7 cm³/mol. The van der Waals surface area contributed by atoms with Gasteiger partial charge in [0.2, 0.25) is 0 Å². The standard InChI is InChI=1S/C21H14N2/c22-19-17-11-9-13-5-1-3-7-15(13)20(17)23-21-16-8-4-2-6-14(16)10-12-18(19)21/h1-12H,(H2,22,23). The van der Waals surface area contributed by atoms with E-state index in [4.69, 9.17) is 10.7 Å². The van der Waals surface area contributed by atoms with Gasteiger partial charge < -0.3 is 5.73 Å². The first-order chi connectivity index (χ1) is 11.3. The smallest absolute Gasteiger partial charge is 0.0809 e. The summed E-state index contributed by atoms with van der Waals surface area (Å²) >= 11 is 0. The Balaban J connectivity index is 2.10. The highest BCUT2D eigenvalue weighted by Gasteiger charge is 2.11. The van der Waals surface area contributed by atoms with Gasteiger partial charge in [-0.2, -0.15) is 0 Å². The van der Waals surface area contributed by atoms with E-state index in [1.165, 1.54) is 10.8 Å². The SMILES string of the molecule is Nc1c2ccc3ccccc3c2nc2c1ccc1ccccc12. The third-order valence-corrected chi connectivity index (χ3v) is 4.61. The number of benzene rings is 4. The summed E-state index contributed by atoms with van der Waals surface area (Å²) in [6, 6.07) is 25.0. The highest BCUT2D eigenvalue weighted by molar-refractivity contribution is 6.19. The van der Waals surface area contributed by atoms with E-state index in [2.05, 4.69) is 48.5 Å². The second-order valence-corrected chi connectivity index (χ2v) is 5.89. The van der Waals surface area contributed by atoms with Crippen LogP contribution in [-0.4, -0.2) is 4.98 Å². The maximum atomic E-state index is 6.50. The first-order valence-corrected chi connectivity index (χ1v) is 7.71. The van der Waals surface area contributed by atoms with E-state index in [9.17, 15) is 0 Å². The highest BCUT2D eigenvalue weighted by Crippen LogP contribution is 2.35. The van der Waals surface area contributed by atoms with Crippen LogP contribution in [0.2, 0.25) is 0 Å². The summed E-state index contributed by atoms with van der Waals surface area (Å²) in [6.07, 6.45) is 0. The molecular weight excluding hydrogens is 280 g/mol. The molecule has 0 aliphatic heterocycles. The lowest BCUT2D eigenvalue weighted by atomic mass is 10.00. The van der Waals surface area contributed by atoms with Crippen LogP contribution in [0.15, 0.2) is 72.8 Å². The third kappa shape index (κ3) is 1.66. The zero-order valence-corrected chi connectivity index (χ0v) is 12.5. The fraction of sp³-hybridized carbons (Fsp3) is 0. The van der Waals surface area contributed by atoms with Crippen LogP contribution in [0.1, 0.15) is 0 Å². The lowest BCUT2D eigenvalue weighted by Gasteiger charge is -2.11. The molecule has 0 fully saturated rings. The molecule has 108 valence electrons. The molecule has 5 rings (SSSR count). The number of pyridine rings is 1. The first-order valence-electron chi connectivity index (χ1n) is 7.71. The van der Waals surface area contributed by atoms with Crippen molar-refractivity contribution in [3.63, 3.8) is 0 Å². The topological polar surface area (TPSA) is 38.9 Å². The molecule has 0 bridgehead atoms. The number of hydrogen-bond donors (Lipinski definition) is 1. The molecule has 5 aromatic rings. The maximum absolute atomic E-state index is 6.50. The summed E-state index contributed by atoms with van der Waals surface area (Å²) in [5.74, 6) is 0. The van der Waals surface area contributed by atoms with Crippen LogP contribution in [-0.2, 0) is 0 Å². The summed E-state index contributed by atoms with van der Waals surface area (Å²) in [5.41, 5.74) is 9.26. The van der Waals surface area contributed by atoms with Gasteiger partial charge >= 0.3 is 0 Å². The molecule has 0 aliphatic rings. The van der Waals surface area contributed by atoms with E-state index >= 15 is 0 Å². The van der Waals surface area contributed by atoms with Gasteiger partial charge in [-0.25, -0.2) is 4.98 Å².